The molecule has 1 aromatic rings. The van der Waals surface area contributed by atoms with Gasteiger partial charge in [-0.25, -0.2) is 12.8 Å². The first-order valence-electron chi connectivity index (χ1n) is 6.39. The molecule has 1 unspecified atom stereocenters. The Bertz CT molecular complexity index is 606. The minimum absolute atomic E-state index is 0.0562. The lowest BCUT2D eigenvalue weighted by atomic mass is 9.96. The van der Waals surface area contributed by atoms with Crippen LogP contribution in [0.2, 0.25) is 0 Å². The van der Waals surface area contributed by atoms with Crippen LogP contribution >= 0.6 is 0 Å². The summed E-state index contributed by atoms with van der Waals surface area (Å²) in [4.78, 5) is -0.0562. The second kappa shape index (κ2) is 5.31. The number of halogens is 1. The quantitative estimate of drug-likeness (QED) is 0.861. The predicted molar refractivity (Wildman–Crippen MR) is 74.2 cm³/mol. The minimum atomic E-state index is -3.73. The molecule has 0 bridgehead atoms. The van der Waals surface area contributed by atoms with Gasteiger partial charge in [0.25, 0.3) is 0 Å². The Kier molecular flexibility index (Phi) is 4.04. The van der Waals surface area contributed by atoms with Gasteiger partial charge in [0, 0.05) is 20.2 Å². The molecular weight excluding hydrogens is 283 g/mol. The van der Waals surface area contributed by atoms with E-state index in [0.29, 0.717) is 13.0 Å². The van der Waals surface area contributed by atoms with Crippen molar-refractivity contribution in [1.82, 2.24) is 4.31 Å². The molecule has 1 fully saturated rings. The molecule has 0 aliphatic carbocycles. The average molecular weight is 302 g/mol. The van der Waals surface area contributed by atoms with Gasteiger partial charge in [-0.15, -0.1) is 0 Å². The topological polar surface area (TPSA) is 72.6 Å². The molecule has 7 heteroatoms. The van der Waals surface area contributed by atoms with Gasteiger partial charge in [-0.05, 0) is 38.0 Å². The summed E-state index contributed by atoms with van der Waals surface area (Å²) >= 11 is 0. The monoisotopic (exact) mass is 302 g/mol. The number of piperidine rings is 1. The lowest BCUT2D eigenvalue weighted by molar-refractivity contribution is -0.0319. The summed E-state index contributed by atoms with van der Waals surface area (Å²) in [7, 11) is -2.16. The summed E-state index contributed by atoms with van der Waals surface area (Å²) in [6.45, 7) is 2.56. The number of anilines is 1. The van der Waals surface area contributed by atoms with Gasteiger partial charge in [0.1, 0.15) is 10.7 Å². The number of sulfonamides is 1. The molecule has 0 saturated carbocycles. The van der Waals surface area contributed by atoms with Crippen LogP contribution in [-0.4, -0.2) is 38.5 Å². The molecule has 20 heavy (non-hydrogen) atoms. The zero-order valence-electron chi connectivity index (χ0n) is 11.6. The van der Waals surface area contributed by atoms with Gasteiger partial charge < -0.3 is 10.5 Å². The van der Waals surface area contributed by atoms with Crippen LogP contribution in [0.4, 0.5) is 10.1 Å². The molecule has 0 amide bonds. The zero-order valence-corrected chi connectivity index (χ0v) is 12.4. The van der Waals surface area contributed by atoms with E-state index >= 15 is 0 Å². The maximum absolute atomic E-state index is 13.0. The normalized spacial score (nSPS) is 24.8. The van der Waals surface area contributed by atoms with Crippen LogP contribution in [0.5, 0.6) is 0 Å². The Morgan fingerprint density at radius 2 is 2.15 bits per heavy atom. The Morgan fingerprint density at radius 3 is 2.75 bits per heavy atom. The fraction of sp³-hybridized carbons (Fsp3) is 0.538. The number of methoxy groups -OCH3 is 1. The van der Waals surface area contributed by atoms with Crippen molar-refractivity contribution in [1.29, 1.82) is 0 Å². The van der Waals surface area contributed by atoms with E-state index in [1.807, 2.05) is 6.92 Å². The van der Waals surface area contributed by atoms with Gasteiger partial charge in [-0.1, -0.05) is 0 Å². The summed E-state index contributed by atoms with van der Waals surface area (Å²) in [5, 5.41) is 0. The van der Waals surface area contributed by atoms with E-state index < -0.39 is 21.4 Å². The molecule has 0 radical (unpaired) electrons. The van der Waals surface area contributed by atoms with E-state index in [1.54, 1.807) is 7.11 Å². The Hall–Kier alpha value is -1.18. The predicted octanol–water partition coefficient (Wildman–Crippen LogP) is 1.60. The summed E-state index contributed by atoms with van der Waals surface area (Å²) in [5.41, 5.74) is 5.06. The molecule has 1 aliphatic heterocycles. The fourth-order valence-electron chi connectivity index (χ4n) is 2.43. The Labute approximate surface area is 118 Å². The van der Waals surface area contributed by atoms with Crippen LogP contribution in [0.25, 0.3) is 0 Å². The van der Waals surface area contributed by atoms with Crippen LogP contribution < -0.4 is 5.73 Å². The van der Waals surface area contributed by atoms with Gasteiger partial charge in [0.2, 0.25) is 10.0 Å². The summed E-state index contributed by atoms with van der Waals surface area (Å²) in [6, 6.07) is 3.33. The molecule has 1 heterocycles. The summed E-state index contributed by atoms with van der Waals surface area (Å²) < 4.78 is 45.0. The summed E-state index contributed by atoms with van der Waals surface area (Å²) in [5.74, 6) is -0.554. The van der Waals surface area contributed by atoms with E-state index in [1.165, 1.54) is 10.4 Å². The molecule has 2 rings (SSSR count). The molecule has 0 aromatic heterocycles. The zero-order chi connectivity index (χ0) is 15.0. The highest BCUT2D eigenvalue weighted by atomic mass is 32.2. The average Bonchev–Trinajstić information content (AvgIpc) is 2.38. The Morgan fingerprint density at radius 1 is 1.45 bits per heavy atom. The van der Waals surface area contributed by atoms with Gasteiger partial charge in [0.15, 0.2) is 0 Å². The SMILES string of the molecule is COC1(C)CCCN(S(=O)(=O)c2ccc(F)cc2N)C1. The second-order valence-corrected chi connectivity index (χ2v) is 7.18. The molecule has 1 aliphatic rings. The number of hydrogen-bond acceptors (Lipinski definition) is 4. The molecule has 112 valence electrons. The van der Waals surface area contributed by atoms with Crippen molar-refractivity contribution >= 4 is 15.7 Å². The minimum Gasteiger partial charge on any atom is -0.398 e. The van der Waals surface area contributed by atoms with Crippen LogP contribution in [-0.2, 0) is 14.8 Å². The van der Waals surface area contributed by atoms with E-state index in [-0.39, 0.29) is 17.1 Å². The standard InChI is InChI=1S/C13H19FN2O3S/c1-13(19-2)6-3-7-16(9-13)20(17,18)12-5-4-10(14)8-11(12)15/h4-5,8H,3,6-7,9,15H2,1-2H3. The molecule has 0 spiro atoms. The summed E-state index contributed by atoms with van der Waals surface area (Å²) in [6.07, 6.45) is 1.51. The van der Waals surface area contributed by atoms with Crippen LogP contribution in [0.1, 0.15) is 19.8 Å². The van der Waals surface area contributed by atoms with Gasteiger partial charge >= 0.3 is 0 Å². The largest absolute Gasteiger partial charge is 0.398 e. The van der Waals surface area contributed by atoms with Crippen LogP contribution in [0.15, 0.2) is 23.1 Å². The van der Waals surface area contributed by atoms with Crippen molar-refractivity contribution in [3.8, 4) is 0 Å². The third kappa shape index (κ3) is 2.79. The van der Waals surface area contributed by atoms with E-state index in [0.717, 1.165) is 18.6 Å². The van der Waals surface area contributed by atoms with E-state index in [4.69, 9.17) is 10.5 Å². The van der Waals surface area contributed by atoms with Crippen molar-refractivity contribution in [3.05, 3.63) is 24.0 Å². The highest BCUT2D eigenvalue weighted by molar-refractivity contribution is 7.89. The number of ether oxygens (including phenoxy) is 1. The molecule has 1 saturated heterocycles. The first kappa shape index (κ1) is 15.2. The number of rotatable bonds is 3. The molecular formula is C13H19FN2O3S. The highest BCUT2D eigenvalue weighted by Crippen LogP contribution is 2.30. The van der Waals surface area contributed by atoms with E-state index in [9.17, 15) is 12.8 Å². The molecule has 1 atom stereocenters. The smallest absolute Gasteiger partial charge is 0.245 e. The van der Waals surface area contributed by atoms with Crippen molar-refractivity contribution in [2.75, 3.05) is 25.9 Å². The first-order chi connectivity index (χ1) is 9.28. The third-order valence-corrected chi connectivity index (χ3v) is 5.63. The van der Waals surface area contributed by atoms with Gasteiger partial charge in [-0.3, -0.25) is 0 Å². The third-order valence-electron chi connectivity index (χ3n) is 3.71. The molecule has 1 aromatic carbocycles. The van der Waals surface area contributed by atoms with Crippen molar-refractivity contribution in [3.63, 3.8) is 0 Å². The van der Waals surface area contributed by atoms with E-state index in [2.05, 4.69) is 0 Å². The Balaban J connectivity index is 2.35. The lowest BCUT2D eigenvalue weighted by Crippen LogP contribution is -2.49. The second-order valence-electron chi connectivity index (χ2n) is 5.28. The number of nitrogen functional groups attached to an aromatic ring is 1. The van der Waals surface area contributed by atoms with Crippen molar-refractivity contribution in [2.45, 2.75) is 30.3 Å². The maximum Gasteiger partial charge on any atom is 0.245 e. The number of hydrogen-bond donors (Lipinski definition) is 1. The van der Waals surface area contributed by atoms with Crippen LogP contribution in [0, 0.1) is 5.82 Å². The number of nitrogens with zero attached hydrogens (tertiary/aromatic N) is 1. The fourth-order valence-corrected chi connectivity index (χ4v) is 4.11. The maximum atomic E-state index is 13.0. The number of benzene rings is 1. The highest BCUT2D eigenvalue weighted by Gasteiger charge is 2.37. The van der Waals surface area contributed by atoms with Crippen molar-refractivity contribution < 1.29 is 17.5 Å². The van der Waals surface area contributed by atoms with Gasteiger partial charge in [-0.2, -0.15) is 4.31 Å². The lowest BCUT2D eigenvalue weighted by Gasteiger charge is -2.38. The first-order valence-corrected chi connectivity index (χ1v) is 7.83. The van der Waals surface area contributed by atoms with Gasteiger partial charge in [0.05, 0.1) is 11.3 Å². The number of nitrogens with two attached hydrogens (primary N) is 1. The van der Waals surface area contributed by atoms with Crippen LogP contribution in [0.3, 0.4) is 0 Å². The molecule has 2 N–H and O–H groups in total. The molecule has 5 nitrogen and oxygen atoms in total. The van der Waals surface area contributed by atoms with Crippen molar-refractivity contribution in [2.24, 2.45) is 0 Å².